The van der Waals surface area contributed by atoms with Crippen LogP contribution in [0.3, 0.4) is 0 Å². The Bertz CT molecular complexity index is 1240. The maximum absolute atomic E-state index is 12.1. The molecule has 146 valence electrons. The van der Waals surface area contributed by atoms with E-state index in [4.69, 9.17) is 16.0 Å². The molecule has 5 rings (SSSR count). The van der Waals surface area contributed by atoms with Gasteiger partial charge in [-0.25, -0.2) is 4.79 Å². The molecule has 1 aromatic heterocycles. The summed E-state index contributed by atoms with van der Waals surface area (Å²) in [6.07, 6.45) is 0. The first-order chi connectivity index (χ1) is 14.2. The molecular weight excluding hydrogens is 384 g/mol. The molecule has 0 N–H and O–H groups in total. The number of benzene rings is 3. The van der Waals surface area contributed by atoms with Crippen molar-refractivity contribution in [3.8, 4) is 0 Å². The molecule has 4 nitrogen and oxygen atoms in total. The summed E-state index contributed by atoms with van der Waals surface area (Å²) in [5, 5.41) is 4.10. The Morgan fingerprint density at radius 3 is 2.48 bits per heavy atom. The van der Waals surface area contributed by atoms with Crippen LogP contribution < -0.4 is 10.5 Å². The Balaban J connectivity index is 1.43. The maximum Gasteiger partial charge on any atom is 0.336 e. The first-order valence-electron chi connectivity index (χ1n) is 9.85. The lowest BCUT2D eigenvalue weighted by molar-refractivity contribution is 0.250. The molecule has 1 aliphatic heterocycles. The van der Waals surface area contributed by atoms with Gasteiger partial charge in [0.05, 0.1) is 10.7 Å². The van der Waals surface area contributed by atoms with Crippen LogP contribution in [0.15, 0.2) is 75.9 Å². The Morgan fingerprint density at radius 2 is 1.66 bits per heavy atom. The van der Waals surface area contributed by atoms with Crippen LogP contribution in [-0.4, -0.2) is 31.1 Å². The van der Waals surface area contributed by atoms with Crippen LogP contribution in [0.5, 0.6) is 0 Å². The summed E-state index contributed by atoms with van der Waals surface area (Å²) in [6, 6.07) is 21.8. The van der Waals surface area contributed by atoms with Gasteiger partial charge in [0.1, 0.15) is 5.58 Å². The number of halogens is 1. The van der Waals surface area contributed by atoms with Gasteiger partial charge in [0.15, 0.2) is 0 Å². The highest BCUT2D eigenvalue weighted by molar-refractivity contribution is 6.33. The van der Waals surface area contributed by atoms with Crippen molar-refractivity contribution in [1.82, 2.24) is 4.90 Å². The molecule has 0 atom stereocenters. The number of hydrogen-bond donors (Lipinski definition) is 0. The van der Waals surface area contributed by atoms with Crippen molar-refractivity contribution in [2.24, 2.45) is 0 Å². The molecule has 0 spiro atoms. The molecular formula is C24H21ClN2O2. The van der Waals surface area contributed by atoms with Crippen LogP contribution >= 0.6 is 11.6 Å². The lowest BCUT2D eigenvalue weighted by atomic mass is 10.0. The molecule has 3 aromatic carbocycles. The van der Waals surface area contributed by atoms with Gasteiger partial charge in [-0.1, -0.05) is 54.1 Å². The number of rotatable bonds is 3. The van der Waals surface area contributed by atoms with Gasteiger partial charge >= 0.3 is 5.63 Å². The van der Waals surface area contributed by atoms with E-state index in [-0.39, 0.29) is 5.63 Å². The third-order valence-electron chi connectivity index (χ3n) is 5.67. The van der Waals surface area contributed by atoms with Crippen LogP contribution in [0.25, 0.3) is 21.7 Å². The van der Waals surface area contributed by atoms with Gasteiger partial charge in [0.2, 0.25) is 0 Å². The normalized spacial score (nSPS) is 15.3. The molecule has 1 fully saturated rings. The number of hydrogen-bond acceptors (Lipinski definition) is 4. The minimum absolute atomic E-state index is 0.294. The van der Waals surface area contributed by atoms with E-state index in [0.29, 0.717) is 5.58 Å². The molecule has 0 bridgehead atoms. The molecule has 0 saturated carbocycles. The summed E-state index contributed by atoms with van der Waals surface area (Å²) in [5.41, 5.74) is 2.48. The maximum atomic E-state index is 12.1. The summed E-state index contributed by atoms with van der Waals surface area (Å²) in [7, 11) is 0. The Kier molecular flexibility index (Phi) is 4.74. The predicted molar refractivity (Wildman–Crippen MR) is 119 cm³/mol. The van der Waals surface area contributed by atoms with Gasteiger partial charge in [-0.15, -0.1) is 0 Å². The summed E-state index contributed by atoms with van der Waals surface area (Å²) in [5.74, 6) is 0. The van der Waals surface area contributed by atoms with Gasteiger partial charge in [0, 0.05) is 44.2 Å². The first kappa shape index (κ1) is 18.2. The van der Waals surface area contributed by atoms with Crippen LogP contribution in [-0.2, 0) is 6.54 Å². The van der Waals surface area contributed by atoms with E-state index in [1.807, 2.05) is 42.5 Å². The van der Waals surface area contributed by atoms with E-state index in [9.17, 15) is 4.79 Å². The van der Waals surface area contributed by atoms with Crippen molar-refractivity contribution < 1.29 is 4.42 Å². The number of anilines is 1. The molecule has 0 radical (unpaired) electrons. The third-order valence-corrected chi connectivity index (χ3v) is 5.99. The van der Waals surface area contributed by atoms with Gasteiger partial charge in [-0.3, -0.25) is 4.90 Å². The lowest BCUT2D eigenvalue weighted by Crippen LogP contribution is -2.46. The predicted octanol–water partition coefficient (Wildman–Crippen LogP) is 4.92. The van der Waals surface area contributed by atoms with Crippen molar-refractivity contribution >= 4 is 39.0 Å². The minimum atomic E-state index is -0.294. The second kappa shape index (κ2) is 7.54. The Morgan fingerprint density at radius 1 is 0.897 bits per heavy atom. The smallest absolute Gasteiger partial charge is 0.336 e. The average molecular weight is 405 g/mol. The summed E-state index contributed by atoms with van der Waals surface area (Å²) in [6.45, 7) is 4.37. The molecule has 0 amide bonds. The topological polar surface area (TPSA) is 36.7 Å². The lowest BCUT2D eigenvalue weighted by Gasteiger charge is -2.36. The quantitative estimate of drug-likeness (QED) is 0.358. The molecule has 4 aromatic rings. The van der Waals surface area contributed by atoms with E-state index in [0.717, 1.165) is 65.2 Å². The summed E-state index contributed by atoms with van der Waals surface area (Å²) < 4.78 is 5.49. The first-order valence-corrected chi connectivity index (χ1v) is 10.2. The van der Waals surface area contributed by atoms with Crippen LogP contribution in [0.2, 0.25) is 5.02 Å². The minimum Gasteiger partial charge on any atom is -0.423 e. The monoisotopic (exact) mass is 404 g/mol. The van der Waals surface area contributed by atoms with E-state index in [2.05, 4.69) is 28.0 Å². The molecule has 2 heterocycles. The van der Waals surface area contributed by atoms with E-state index < -0.39 is 0 Å². The van der Waals surface area contributed by atoms with Gasteiger partial charge in [-0.05, 0) is 34.5 Å². The largest absolute Gasteiger partial charge is 0.423 e. The average Bonchev–Trinajstić information content (AvgIpc) is 2.74. The summed E-state index contributed by atoms with van der Waals surface area (Å²) in [4.78, 5) is 16.9. The molecule has 29 heavy (non-hydrogen) atoms. The highest BCUT2D eigenvalue weighted by Gasteiger charge is 2.20. The van der Waals surface area contributed by atoms with Crippen molar-refractivity contribution in [2.75, 3.05) is 31.1 Å². The fraction of sp³-hybridized carbons (Fsp3) is 0.208. The standard InChI is InChI=1S/C24H21ClN2O2/c25-20-7-3-4-8-21(20)27-13-11-26(12-14-27)16-18-15-23(28)29-22-10-9-17-5-1-2-6-19(17)24(18)22/h1-10,15H,11-14,16H2. The fourth-order valence-corrected chi connectivity index (χ4v) is 4.50. The number of nitrogens with zero attached hydrogens (tertiary/aromatic N) is 2. The van der Waals surface area contributed by atoms with Crippen LogP contribution in [0, 0.1) is 0 Å². The zero-order chi connectivity index (χ0) is 19.8. The Hall–Kier alpha value is -2.82. The second-order valence-electron chi connectivity index (χ2n) is 7.47. The fourth-order valence-electron chi connectivity index (χ4n) is 4.24. The zero-order valence-electron chi connectivity index (χ0n) is 16.0. The van der Waals surface area contributed by atoms with Gasteiger partial charge < -0.3 is 9.32 Å². The number of para-hydroxylation sites is 1. The third kappa shape index (κ3) is 3.50. The SMILES string of the molecule is O=c1cc(CN2CCN(c3ccccc3Cl)CC2)c2c(ccc3ccccc32)o1. The van der Waals surface area contributed by atoms with E-state index in [1.54, 1.807) is 6.07 Å². The molecule has 1 aliphatic rings. The van der Waals surface area contributed by atoms with Crippen molar-refractivity contribution in [3.63, 3.8) is 0 Å². The number of fused-ring (bicyclic) bond motifs is 3. The van der Waals surface area contributed by atoms with Crippen molar-refractivity contribution in [1.29, 1.82) is 0 Å². The van der Waals surface area contributed by atoms with Crippen molar-refractivity contribution in [2.45, 2.75) is 6.54 Å². The van der Waals surface area contributed by atoms with Gasteiger partial charge in [0.25, 0.3) is 0 Å². The van der Waals surface area contributed by atoms with E-state index >= 15 is 0 Å². The van der Waals surface area contributed by atoms with Crippen molar-refractivity contribution in [3.05, 3.63) is 87.7 Å². The molecule has 0 unspecified atom stereocenters. The molecule has 1 saturated heterocycles. The van der Waals surface area contributed by atoms with Crippen LogP contribution in [0.1, 0.15) is 5.56 Å². The van der Waals surface area contributed by atoms with E-state index in [1.165, 1.54) is 0 Å². The van der Waals surface area contributed by atoms with Gasteiger partial charge in [-0.2, -0.15) is 0 Å². The molecule has 0 aliphatic carbocycles. The Labute approximate surface area is 173 Å². The highest BCUT2D eigenvalue weighted by Crippen LogP contribution is 2.29. The molecule has 5 heteroatoms. The highest BCUT2D eigenvalue weighted by atomic mass is 35.5. The second-order valence-corrected chi connectivity index (χ2v) is 7.87. The van der Waals surface area contributed by atoms with Crippen LogP contribution in [0.4, 0.5) is 5.69 Å². The summed E-state index contributed by atoms with van der Waals surface area (Å²) >= 11 is 6.36. The number of piperazine rings is 1. The zero-order valence-corrected chi connectivity index (χ0v) is 16.7.